The number of nitrogens with one attached hydrogen (secondary N) is 1. The Morgan fingerprint density at radius 3 is 2.64 bits per heavy atom. The average Bonchev–Trinajstić information content (AvgIpc) is 2.01. The van der Waals surface area contributed by atoms with E-state index in [2.05, 4.69) is 5.32 Å². The molecule has 1 aromatic carbocycles. The largest absolute Gasteiger partial charge is 0.507 e. The fraction of sp³-hybridized carbons (Fsp3) is 0.125. The maximum Gasteiger partial charge on any atom is 0.221 e. The van der Waals surface area contributed by atoms with E-state index in [1.807, 2.05) is 0 Å². The number of rotatable bonds is 2. The van der Waals surface area contributed by atoms with Gasteiger partial charge in [0.2, 0.25) is 5.91 Å². The van der Waals surface area contributed by atoms with Crippen molar-refractivity contribution in [1.82, 2.24) is 0 Å². The lowest BCUT2D eigenvalue weighted by molar-refractivity contribution is -0.114. The van der Waals surface area contributed by atoms with Gasteiger partial charge in [-0.05, 0) is 12.1 Å². The molecule has 0 aromatic heterocycles. The van der Waals surface area contributed by atoms with E-state index < -0.39 is 11.0 Å². The zero-order valence-corrected chi connectivity index (χ0v) is 8.30. The summed E-state index contributed by atoms with van der Waals surface area (Å²) in [4.78, 5) is 10.8. The van der Waals surface area contributed by atoms with Crippen molar-refractivity contribution in [3.05, 3.63) is 18.2 Å². The van der Waals surface area contributed by atoms with Crippen molar-refractivity contribution in [1.29, 1.82) is 0 Å². The van der Waals surface area contributed by atoms with Gasteiger partial charge in [-0.2, -0.15) is 0 Å². The number of phenolic OH excluding ortho intramolecular Hbond substituents is 1. The number of benzene rings is 1. The van der Waals surface area contributed by atoms with E-state index in [1.54, 1.807) is 0 Å². The van der Waals surface area contributed by atoms with Crippen LogP contribution in [0.15, 0.2) is 23.1 Å². The van der Waals surface area contributed by atoms with Crippen molar-refractivity contribution in [2.24, 2.45) is 5.14 Å². The van der Waals surface area contributed by atoms with E-state index in [9.17, 15) is 14.1 Å². The van der Waals surface area contributed by atoms with Crippen LogP contribution in [0.3, 0.4) is 0 Å². The second kappa shape index (κ2) is 4.21. The molecule has 1 unspecified atom stereocenters. The lowest BCUT2D eigenvalue weighted by Crippen LogP contribution is -2.07. The molecule has 76 valence electrons. The van der Waals surface area contributed by atoms with Gasteiger partial charge in [0.1, 0.15) is 16.7 Å². The Kier molecular flexibility index (Phi) is 3.21. The predicted molar refractivity (Wildman–Crippen MR) is 53.0 cm³/mol. The smallest absolute Gasteiger partial charge is 0.221 e. The lowest BCUT2D eigenvalue weighted by atomic mass is 10.3. The number of hydrogen-bond acceptors (Lipinski definition) is 3. The average molecular weight is 214 g/mol. The molecule has 0 fully saturated rings. The molecule has 1 atom stereocenters. The van der Waals surface area contributed by atoms with Crippen LogP contribution in [0.1, 0.15) is 6.92 Å². The number of carbonyl (C=O) groups is 1. The van der Waals surface area contributed by atoms with Crippen LogP contribution >= 0.6 is 0 Å². The van der Waals surface area contributed by atoms with Gasteiger partial charge < -0.3 is 10.4 Å². The number of amides is 1. The maximum absolute atomic E-state index is 10.8. The van der Waals surface area contributed by atoms with Crippen LogP contribution in [-0.4, -0.2) is 15.2 Å². The number of anilines is 1. The summed E-state index contributed by atoms with van der Waals surface area (Å²) in [7, 11) is -1.72. The molecular formula is C8H10N2O3S. The summed E-state index contributed by atoms with van der Waals surface area (Å²) in [6, 6.07) is 4.21. The molecule has 14 heavy (non-hydrogen) atoms. The summed E-state index contributed by atoms with van der Waals surface area (Å²) < 4.78 is 10.8. The second-order valence-corrected chi connectivity index (χ2v) is 3.70. The molecule has 0 spiro atoms. The summed E-state index contributed by atoms with van der Waals surface area (Å²) in [5, 5.41) is 16.9. The van der Waals surface area contributed by atoms with Gasteiger partial charge in [0, 0.05) is 18.7 Å². The molecule has 1 aromatic rings. The van der Waals surface area contributed by atoms with Gasteiger partial charge in [-0.25, -0.2) is 9.35 Å². The third-order valence-corrected chi connectivity index (χ3v) is 2.27. The molecule has 1 amide bonds. The first kappa shape index (κ1) is 10.7. The number of aromatic hydroxyl groups is 1. The Balaban J connectivity index is 3.00. The zero-order chi connectivity index (χ0) is 10.7. The molecule has 0 saturated heterocycles. The Labute approximate surface area is 83.5 Å². The Morgan fingerprint density at radius 2 is 2.21 bits per heavy atom. The molecule has 5 nitrogen and oxygen atoms in total. The molecule has 0 bridgehead atoms. The van der Waals surface area contributed by atoms with Crippen LogP contribution in [0, 0.1) is 0 Å². The predicted octanol–water partition coefficient (Wildman–Crippen LogP) is 0.332. The molecule has 1 rings (SSSR count). The third kappa shape index (κ3) is 2.54. The van der Waals surface area contributed by atoms with Gasteiger partial charge >= 0.3 is 0 Å². The van der Waals surface area contributed by atoms with Crippen molar-refractivity contribution < 1.29 is 14.1 Å². The normalized spacial score (nSPS) is 12.1. The summed E-state index contributed by atoms with van der Waals surface area (Å²) in [5.74, 6) is -0.442. The minimum absolute atomic E-state index is 0.138. The van der Waals surface area contributed by atoms with Gasteiger partial charge in [-0.3, -0.25) is 4.79 Å². The van der Waals surface area contributed by atoms with Crippen molar-refractivity contribution in [3.63, 3.8) is 0 Å². The fourth-order valence-corrected chi connectivity index (χ4v) is 1.44. The Morgan fingerprint density at radius 1 is 1.57 bits per heavy atom. The Hall–Kier alpha value is -1.40. The van der Waals surface area contributed by atoms with Crippen molar-refractivity contribution in [3.8, 4) is 5.75 Å². The van der Waals surface area contributed by atoms with Crippen molar-refractivity contribution in [2.45, 2.75) is 11.8 Å². The van der Waals surface area contributed by atoms with Crippen LogP contribution in [0.25, 0.3) is 0 Å². The van der Waals surface area contributed by atoms with E-state index in [0.29, 0.717) is 5.69 Å². The molecule has 0 heterocycles. The van der Waals surface area contributed by atoms with Gasteiger partial charge in [0.15, 0.2) is 0 Å². The molecule has 0 aliphatic heterocycles. The van der Waals surface area contributed by atoms with Gasteiger partial charge in [-0.15, -0.1) is 0 Å². The van der Waals surface area contributed by atoms with Crippen molar-refractivity contribution in [2.75, 3.05) is 5.32 Å². The van der Waals surface area contributed by atoms with Crippen LogP contribution in [0.5, 0.6) is 5.75 Å². The minimum atomic E-state index is -1.72. The zero-order valence-electron chi connectivity index (χ0n) is 7.48. The summed E-state index contributed by atoms with van der Waals surface area (Å²) >= 11 is 0. The quantitative estimate of drug-likeness (QED) is 0.662. The monoisotopic (exact) mass is 214 g/mol. The first-order chi connectivity index (χ1) is 6.50. The van der Waals surface area contributed by atoms with Gasteiger partial charge in [0.05, 0.1) is 4.90 Å². The summed E-state index contributed by atoms with van der Waals surface area (Å²) in [6.07, 6.45) is 0. The molecule has 6 heteroatoms. The first-order valence-electron chi connectivity index (χ1n) is 3.77. The minimum Gasteiger partial charge on any atom is -0.507 e. The maximum atomic E-state index is 10.8. The van der Waals surface area contributed by atoms with E-state index in [1.165, 1.54) is 25.1 Å². The van der Waals surface area contributed by atoms with Crippen LogP contribution in [0.2, 0.25) is 0 Å². The summed E-state index contributed by atoms with van der Waals surface area (Å²) in [6.45, 7) is 1.35. The number of phenols is 1. The number of hydrogen-bond donors (Lipinski definition) is 3. The number of nitrogens with two attached hydrogens (primary N) is 1. The summed E-state index contributed by atoms with van der Waals surface area (Å²) in [5.41, 5.74) is 0.434. The van der Waals surface area contributed by atoms with Crippen LogP contribution in [-0.2, 0) is 15.8 Å². The highest BCUT2D eigenvalue weighted by atomic mass is 32.2. The molecule has 0 radical (unpaired) electrons. The molecule has 0 saturated carbocycles. The SMILES string of the molecule is CC(=O)Nc1ccc(S(N)=O)c(O)c1. The second-order valence-electron chi connectivity index (χ2n) is 2.66. The van der Waals surface area contributed by atoms with E-state index >= 15 is 0 Å². The highest BCUT2D eigenvalue weighted by Gasteiger charge is 2.06. The molecule has 0 aliphatic carbocycles. The highest BCUT2D eigenvalue weighted by molar-refractivity contribution is 7.82. The van der Waals surface area contributed by atoms with Gasteiger partial charge in [-0.1, -0.05) is 0 Å². The molecule has 4 N–H and O–H groups in total. The van der Waals surface area contributed by atoms with Gasteiger partial charge in [0.25, 0.3) is 0 Å². The standard InChI is InChI=1S/C8H10N2O3S/c1-5(11)10-6-2-3-8(14(9)13)7(12)4-6/h2-4,12H,9H2,1H3,(H,10,11). The van der Waals surface area contributed by atoms with E-state index in [0.717, 1.165) is 0 Å². The topological polar surface area (TPSA) is 92.4 Å². The Bertz CT molecular complexity index is 392. The van der Waals surface area contributed by atoms with E-state index in [4.69, 9.17) is 5.14 Å². The van der Waals surface area contributed by atoms with E-state index in [-0.39, 0.29) is 16.6 Å². The van der Waals surface area contributed by atoms with Crippen LogP contribution in [0.4, 0.5) is 5.69 Å². The first-order valence-corrected chi connectivity index (χ1v) is 4.99. The third-order valence-electron chi connectivity index (χ3n) is 1.50. The highest BCUT2D eigenvalue weighted by Crippen LogP contribution is 2.23. The van der Waals surface area contributed by atoms with Crippen molar-refractivity contribution >= 4 is 22.6 Å². The number of carbonyl (C=O) groups excluding carboxylic acids is 1. The molecule has 0 aliphatic rings. The molecular weight excluding hydrogens is 204 g/mol. The fourth-order valence-electron chi connectivity index (χ4n) is 0.969. The lowest BCUT2D eigenvalue weighted by Gasteiger charge is -2.04. The van der Waals surface area contributed by atoms with Crippen LogP contribution < -0.4 is 10.5 Å².